The van der Waals surface area contributed by atoms with Crippen molar-refractivity contribution in [1.82, 2.24) is 4.57 Å². The third-order valence-electron chi connectivity index (χ3n) is 5.59. The zero-order chi connectivity index (χ0) is 19.0. The number of aromatic nitrogens is 1. The van der Waals surface area contributed by atoms with Crippen LogP contribution >= 0.6 is 0 Å². The maximum atomic E-state index is 9.70. The molecule has 2 aromatic carbocycles. The van der Waals surface area contributed by atoms with Crippen LogP contribution in [0.5, 0.6) is 0 Å². The molecule has 2 N–H and O–H groups in total. The molecule has 0 amide bonds. The summed E-state index contributed by atoms with van der Waals surface area (Å²) in [6.45, 7) is 7.21. The number of hydrogen-bond donors (Lipinski definition) is 1. The van der Waals surface area contributed by atoms with Gasteiger partial charge in [0.05, 0.1) is 12.2 Å². The van der Waals surface area contributed by atoms with Crippen LogP contribution in [-0.4, -0.2) is 17.7 Å². The second kappa shape index (κ2) is 7.00. The van der Waals surface area contributed by atoms with Crippen LogP contribution in [0.25, 0.3) is 10.8 Å². The normalized spacial score (nSPS) is 20.0. The van der Waals surface area contributed by atoms with Gasteiger partial charge in [-0.1, -0.05) is 56.3 Å². The van der Waals surface area contributed by atoms with E-state index in [1.54, 1.807) is 0 Å². The fourth-order valence-corrected chi connectivity index (χ4v) is 4.60. The largest absolute Gasteiger partial charge is 0.396 e. The van der Waals surface area contributed by atoms with Crippen LogP contribution in [0.1, 0.15) is 31.5 Å². The number of benzene rings is 2. The molecule has 138 valence electrons. The minimum absolute atomic E-state index is 0.625. The first-order valence-electron chi connectivity index (χ1n) is 9.67. The highest BCUT2D eigenvalue weighted by molar-refractivity contribution is 5.85. The molecule has 1 saturated heterocycles. The molecule has 1 aliphatic rings. The highest BCUT2D eigenvalue weighted by Gasteiger charge is 2.27. The molecule has 0 radical (unpaired) electrons. The topological polar surface area (TPSA) is 58.0 Å². The maximum absolute atomic E-state index is 9.70. The number of nitriles is 1. The van der Waals surface area contributed by atoms with E-state index in [2.05, 4.69) is 71.8 Å². The molecule has 4 rings (SSSR count). The van der Waals surface area contributed by atoms with Crippen LogP contribution in [0.4, 0.5) is 11.5 Å². The SMILES string of the molecule is C[C@@H]1C[C@H](C)CN(c2c(N)cc(C#N)n2Cc2cccc3ccccc23)C1. The summed E-state index contributed by atoms with van der Waals surface area (Å²) in [6, 6.07) is 18.9. The van der Waals surface area contributed by atoms with E-state index >= 15 is 0 Å². The average molecular weight is 358 g/mol. The first-order valence-corrected chi connectivity index (χ1v) is 9.67. The van der Waals surface area contributed by atoms with E-state index in [1.807, 2.05) is 6.07 Å². The van der Waals surface area contributed by atoms with Gasteiger partial charge in [-0.2, -0.15) is 5.26 Å². The summed E-state index contributed by atoms with van der Waals surface area (Å²) in [5.74, 6) is 2.25. The van der Waals surface area contributed by atoms with Crippen LogP contribution in [-0.2, 0) is 6.54 Å². The van der Waals surface area contributed by atoms with Gasteiger partial charge in [0.2, 0.25) is 0 Å². The first kappa shape index (κ1) is 17.5. The third kappa shape index (κ3) is 3.26. The molecular weight excluding hydrogens is 332 g/mol. The predicted molar refractivity (Wildman–Crippen MR) is 112 cm³/mol. The van der Waals surface area contributed by atoms with E-state index in [0.29, 0.717) is 29.8 Å². The molecule has 4 nitrogen and oxygen atoms in total. The molecule has 0 spiro atoms. The summed E-state index contributed by atoms with van der Waals surface area (Å²) in [7, 11) is 0. The molecule has 1 fully saturated rings. The Kier molecular flexibility index (Phi) is 4.53. The molecular formula is C23H26N4. The number of nitrogens with zero attached hydrogens (tertiary/aromatic N) is 3. The zero-order valence-corrected chi connectivity index (χ0v) is 16.0. The van der Waals surface area contributed by atoms with Crippen molar-refractivity contribution in [2.24, 2.45) is 11.8 Å². The van der Waals surface area contributed by atoms with E-state index < -0.39 is 0 Å². The van der Waals surface area contributed by atoms with Crippen molar-refractivity contribution in [3.63, 3.8) is 0 Å². The minimum atomic E-state index is 0.625. The van der Waals surface area contributed by atoms with Crippen LogP contribution in [0.15, 0.2) is 48.5 Å². The molecule has 2 heterocycles. The molecule has 1 aliphatic heterocycles. The molecule has 0 unspecified atom stereocenters. The monoisotopic (exact) mass is 358 g/mol. The van der Waals surface area contributed by atoms with Crippen molar-refractivity contribution < 1.29 is 0 Å². The molecule has 27 heavy (non-hydrogen) atoms. The molecule has 3 aromatic rings. The van der Waals surface area contributed by atoms with Gasteiger partial charge in [-0.25, -0.2) is 0 Å². The van der Waals surface area contributed by atoms with Crippen LogP contribution in [0, 0.1) is 23.2 Å². The highest BCUT2D eigenvalue weighted by atomic mass is 15.3. The van der Waals surface area contributed by atoms with Crippen molar-refractivity contribution in [2.45, 2.75) is 26.8 Å². The third-order valence-corrected chi connectivity index (χ3v) is 5.59. The lowest BCUT2D eigenvalue weighted by atomic mass is 9.92. The second-order valence-electron chi connectivity index (χ2n) is 8.00. The molecule has 0 bridgehead atoms. The highest BCUT2D eigenvalue weighted by Crippen LogP contribution is 2.34. The van der Waals surface area contributed by atoms with Crippen molar-refractivity contribution in [3.8, 4) is 6.07 Å². The summed E-state index contributed by atoms with van der Waals surface area (Å²) >= 11 is 0. The number of anilines is 2. The molecule has 0 saturated carbocycles. The average Bonchev–Trinajstić information content (AvgIpc) is 2.96. The van der Waals surface area contributed by atoms with Gasteiger partial charge in [-0.3, -0.25) is 0 Å². The standard InChI is InChI=1S/C23H26N4/c1-16-10-17(2)14-26(13-16)23-22(25)11-20(12-24)27(23)15-19-8-5-7-18-6-3-4-9-21(18)19/h3-9,11,16-17H,10,13-15,25H2,1-2H3/t16-,17+. The van der Waals surface area contributed by atoms with Crippen molar-refractivity contribution in [2.75, 3.05) is 23.7 Å². The van der Waals surface area contributed by atoms with E-state index in [4.69, 9.17) is 5.73 Å². The first-order chi connectivity index (χ1) is 13.1. The van der Waals surface area contributed by atoms with Gasteiger partial charge in [0.1, 0.15) is 17.6 Å². The zero-order valence-electron chi connectivity index (χ0n) is 16.0. The minimum Gasteiger partial charge on any atom is -0.396 e. The van der Waals surface area contributed by atoms with E-state index in [9.17, 15) is 5.26 Å². The van der Waals surface area contributed by atoms with E-state index in [1.165, 1.54) is 22.8 Å². The van der Waals surface area contributed by atoms with Gasteiger partial charge in [-0.05, 0) is 40.7 Å². The summed E-state index contributed by atoms with van der Waals surface area (Å²) < 4.78 is 2.10. The Morgan fingerprint density at radius 3 is 2.52 bits per heavy atom. The van der Waals surface area contributed by atoms with Crippen LogP contribution in [0.2, 0.25) is 0 Å². The van der Waals surface area contributed by atoms with Crippen molar-refractivity contribution >= 4 is 22.3 Å². The number of hydrogen-bond acceptors (Lipinski definition) is 3. The molecule has 1 aromatic heterocycles. The summed E-state index contributed by atoms with van der Waals surface area (Å²) in [5.41, 5.74) is 8.93. The fourth-order valence-electron chi connectivity index (χ4n) is 4.60. The molecule has 4 heteroatoms. The Bertz CT molecular complexity index is 996. The lowest BCUT2D eigenvalue weighted by Gasteiger charge is -2.37. The summed E-state index contributed by atoms with van der Waals surface area (Å²) in [5, 5.41) is 12.1. The Morgan fingerprint density at radius 1 is 1.07 bits per heavy atom. The van der Waals surface area contributed by atoms with Crippen LogP contribution in [0.3, 0.4) is 0 Å². The maximum Gasteiger partial charge on any atom is 0.133 e. The van der Waals surface area contributed by atoms with E-state index in [0.717, 1.165) is 18.9 Å². The van der Waals surface area contributed by atoms with Gasteiger partial charge >= 0.3 is 0 Å². The van der Waals surface area contributed by atoms with Crippen molar-refractivity contribution in [3.05, 3.63) is 59.8 Å². The number of rotatable bonds is 3. The lowest BCUT2D eigenvalue weighted by Crippen LogP contribution is -2.40. The smallest absolute Gasteiger partial charge is 0.133 e. The Hall–Kier alpha value is -2.93. The number of piperidine rings is 1. The Morgan fingerprint density at radius 2 is 1.78 bits per heavy atom. The van der Waals surface area contributed by atoms with Gasteiger partial charge in [0.15, 0.2) is 0 Å². The van der Waals surface area contributed by atoms with Gasteiger partial charge < -0.3 is 15.2 Å². The molecule has 0 aliphatic carbocycles. The van der Waals surface area contributed by atoms with Gasteiger partial charge in [-0.15, -0.1) is 0 Å². The Labute approximate surface area is 160 Å². The van der Waals surface area contributed by atoms with Crippen LogP contribution < -0.4 is 10.6 Å². The fraction of sp³-hybridized carbons (Fsp3) is 0.348. The van der Waals surface area contributed by atoms with Crippen molar-refractivity contribution in [1.29, 1.82) is 5.26 Å². The summed E-state index contributed by atoms with van der Waals surface area (Å²) in [4.78, 5) is 2.38. The van der Waals surface area contributed by atoms with E-state index in [-0.39, 0.29) is 0 Å². The summed E-state index contributed by atoms with van der Waals surface area (Å²) in [6.07, 6.45) is 1.24. The second-order valence-corrected chi connectivity index (χ2v) is 8.00. The number of nitrogen functional groups attached to an aromatic ring is 1. The van der Waals surface area contributed by atoms with Gasteiger partial charge in [0.25, 0.3) is 0 Å². The lowest BCUT2D eigenvalue weighted by molar-refractivity contribution is 0.353. The predicted octanol–water partition coefficient (Wildman–Crippen LogP) is 4.63. The van der Waals surface area contributed by atoms with Gasteiger partial charge in [0, 0.05) is 13.1 Å². The Balaban J connectivity index is 1.79. The quantitative estimate of drug-likeness (QED) is 0.743. The number of nitrogens with two attached hydrogens (primary N) is 1. The molecule has 2 atom stereocenters. The number of fused-ring (bicyclic) bond motifs is 1.